The molecule has 2 aliphatic heterocycles. The molecule has 0 radical (unpaired) electrons. The maximum atomic E-state index is 6.03. The second kappa shape index (κ2) is 5.24. The van der Waals surface area contributed by atoms with Crippen LogP contribution in [0.5, 0.6) is 17.2 Å². The first-order valence-corrected chi connectivity index (χ1v) is 8.33. The van der Waals surface area contributed by atoms with Gasteiger partial charge < -0.3 is 14.2 Å². The lowest BCUT2D eigenvalue weighted by atomic mass is 9.90. The molecule has 1 aliphatic carbocycles. The Morgan fingerprint density at radius 2 is 1.96 bits per heavy atom. The van der Waals surface area contributed by atoms with Crippen LogP contribution in [-0.2, 0) is 4.74 Å². The molecule has 2 saturated heterocycles. The van der Waals surface area contributed by atoms with Crippen molar-refractivity contribution in [1.82, 2.24) is 4.98 Å². The van der Waals surface area contributed by atoms with E-state index in [9.17, 15) is 0 Å². The van der Waals surface area contributed by atoms with Gasteiger partial charge in [0.1, 0.15) is 17.2 Å². The van der Waals surface area contributed by atoms with E-state index < -0.39 is 0 Å². The summed E-state index contributed by atoms with van der Waals surface area (Å²) < 4.78 is 17.8. The summed E-state index contributed by atoms with van der Waals surface area (Å²) in [5.41, 5.74) is 0. The van der Waals surface area contributed by atoms with E-state index in [1.807, 2.05) is 36.4 Å². The van der Waals surface area contributed by atoms with Gasteiger partial charge in [-0.3, -0.25) is 4.98 Å². The van der Waals surface area contributed by atoms with Crippen molar-refractivity contribution in [2.24, 2.45) is 17.8 Å². The molecule has 1 aromatic carbocycles. The summed E-state index contributed by atoms with van der Waals surface area (Å²) in [5.74, 6) is 4.58. The monoisotopic (exact) mass is 309 g/mol. The van der Waals surface area contributed by atoms with Gasteiger partial charge in [0.25, 0.3) is 0 Å². The van der Waals surface area contributed by atoms with Crippen molar-refractivity contribution in [2.75, 3.05) is 6.61 Å². The number of benzene rings is 1. The van der Waals surface area contributed by atoms with Crippen molar-refractivity contribution in [2.45, 2.75) is 25.0 Å². The highest BCUT2D eigenvalue weighted by atomic mass is 16.5. The largest absolute Gasteiger partial charge is 0.493 e. The molecule has 2 aromatic rings. The van der Waals surface area contributed by atoms with Crippen LogP contribution in [0.15, 0.2) is 48.8 Å². The molecule has 4 nitrogen and oxygen atoms in total. The standard InChI is InChI=1S/C19H19NO3/c1-3-13(8-14(4-1)22-15-5-2-6-20-10-15)21-11-12-7-18-16-9-17(16)19(12)23-18/h1-6,8,10,12,16-19H,7,9,11H2/t12-,16+,17-,18-,19+/m0/s1. The van der Waals surface area contributed by atoms with Gasteiger partial charge in [-0.15, -0.1) is 0 Å². The third kappa shape index (κ3) is 2.47. The first-order chi connectivity index (χ1) is 11.4. The van der Waals surface area contributed by atoms with Crippen molar-refractivity contribution in [3.8, 4) is 17.2 Å². The zero-order chi connectivity index (χ0) is 15.2. The fourth-order valence-corrected chi connectivity index (χ4v) is 4.11. The molecule has 2 bridgehead atoms. The zero-order valence-corrected chi connectivity index (χ0v) is 12.8. The molecule has 0 N–H and O–H groups in total. The van der Waals surface area contributed by atoms with Gasteiger partial charge in [0.05, 0.1) is 25.0 Å². The Kier molecular flexibility index (Phi) is 3.05. The van der Waals surface area contributed by atoms with Crippen LogP contribution in [0.2, 0.25) is 0 Å². The van der Waals surface area contributed by atoms with E-state index >= 15 is 0 Å². The number of nitrogens with zero attached hydrogens (tertiary/aromatic N) is 1. The first-order valence-electron chi connectivity index (χ1n) is 8.33. The SMILES string of the molecule is c1cncc(Oc2cccc(OC[C@@H]3C[C@@H]4O[C@H]3[C@H]3C[C@H]34)c2)c1. The maximum Gasteiger partial charge on any atom is 0.145 e. The predicted octanol–water partition coefficient (Wildman–Crippen LogP) is 3.68. The number of aromatic nitrogens is 1. The first kappa shape index (κ1) is 13.4. The number of pyridine rings is 1. The van der Waals surface area contributed by atoms with Crippen molar-refractivity contribution >= 4 is 0 Å². The quantitative estimate of drug-likeness (QED) is 0.845. The van der Waals surface area contributed by atoms with E-state index in [1.54, 1.807) is 12.4 Å². The Bertz CT molecular complexity index is 705. The van der Waals surface area contributed by atoms with Crippen LogP contribution in [0.25, 0.3) is 0 Å². The van der Waals surface area contributed by atoms with E-state index in [0.29, 0.717) is 18.1 Å². The molecule has 1 aromatic heterocycles. The van der Waals surface area contributed by atoms with Gasteiger partial charge in [0, 0.05) is 18.2 Å². The second-order valence-corrected chi connectivity index (χ2v) is 6.77. The Morgan fingerprint density at radius 3 is 2.78 bits per heavy atom. The van der Waals surface area contributed by atoms with Crippen LogP contribution in [0.1, 0.15) is 12.8 Å². The van der Waals surface area contributed by atoms with Gasteiger partial charge in [-0.05, 0) is 48.9 Å². The van der Waals surface area contributed by atoms with Gasteiger partial charge in [-0.2, -0.15) is 0 Å². The minimum absolute atomic E-state index is 0.444. The van der Waals surface area contributed by atoms with Crippen molar-refractivity contribution in [1.29, 1.82) is 0 Å². The van der Waals surface area contributed by atoms with Crippen LogP contribution < -0.4 is 9.47 Å². The molecule has 3 aliphatic rings. The highest BCUT2D eigenvalue weighted by molar-refractivity contribution is 5.36. The lowest BCUT2D eigenvalue weighted by Crippen LogP contribution is -2.25. The lowest BCUT2D eigenvalue weighted by molar-refractivity contribution is 0.0533. The van der Waals surface area contributed by atoms with Crippen LogP contribution in [0.4, 0.5) is 0 Å². The Balaban J connectivity index is 1.22. The number of ether oxygens (including phenoxy) is 3. The average molecular weight is 309 g/mol. The second-order valence-electron chi connectivity index (χ2n) is 6.77. The molecule has 5 rings (SSSR count). The molecule has 3 fully saturated rings. The van der Waals surface area contributed by atoms with E-state index in [4.69, 9.17) is 14.2 Å². The van der Waals surface area contributed by atoms with Gasteiger partial charge in [-0.1, -0.05) is 6.07 Å². The molecule has 0 unspecified atom stereocenters. The molecule has 23 heavy (non-hydrogen) atoms. The topological polar surface area (TPSA) is 40.6 Å². The molecule has 5 atom stereocenters. The average Bonchev–Trinajstić information content (AvgIpc) is 3.19. The van der Waals surface area contributed by atoms with Crippen molar-refractivity contribution in [3.63, 3.8) is 0 Å². The molecule has 1 saturated carbocycles. The van der Waals surface area contributed by atoms with Gasteiger partial charge in [-0.25, -0.2) is 0 Å². The van der Waals surface area contributed by atoms with E-state index in [1.165, 1.54) is 6.42 Å². The zero-order valence-electron chi connectivity index (χ0n) is 12.8. The Labute approximate surface area is 135 Å². The Morgan fingerprint density at radius 1 is 1.04 bits per heavy atom. The fourth-order valence-electron chi connectivity index (χ4n) is 4.11. The third-order valence-electron chi connectivity index (χ3n) is 5.26. The van der Waals surface area contributed by atoms with Gasteiger partial charge >= 0.3 is 0 Å². The minimum Gasteiger partial charge on any atom is -0.493 e. The smallest absolute Gasteiger partial charge is 0.145 e. The van der Waals surface area contributed by atoms with Gasteiger partial charge in [0.15, 0.2) is 0 Å². The summed E-state index contributed by atoms with van der Waals surface area (Å²) in [7, 11) is 0. The minimum atomic E-state index is 0.444. The molecule has 0 amide bonds. The molecule has 4 heteroatoms. The predicted molar refractivity (Wildman–Crippen MR) is 84.6 cm³/mol. The summed E-state index contributed by atoms with van der Waals surface area (Å²) in [6.45, 7) is 0.737. The number of hydrogen-bond acceptors (Lipinski definition) is 4. The molecule has 118 valence electrons. The summed E-state index contributed by atoms with van der Waals surface area (Å²) in [4.78, 5) is 4.05. The summed E-state index contributed by atoms with van der Waals surface area (Å²) in [6.07, 6.45) is 6.93. The van der Waals surface area contributed by atoms with Crippen molar-refractivity contribution in [3.05, 3.63) is 48.8 Å². The van der Waals surface area contributed by atoms with E-state index in [2.05, 4.69) is 4.98 Å². The summed E-state index contributed by atoms with van der Waals surface area (Å²) >= 11 is 0. The lowest BCUT2D eigenvalue weighted by Gasteiger charge is -2.19. The fraction of sp³-hybridized carbons (Fsp3) is 0.421. The highest BCUT2D eigenvalue weighted by Crippen LogP contribution is 2.60. The normalized spacial score (nSPS) is 33.3. The third-order valence-corrected chi connectivity index (χ3v) is 5.26. The van der Waals surface area contributed by atoms with Crippen LogP contribution in [0.3, 0.4) is 0 Å². The number of rotatable bonds is 5. The summed E-state index contributed by atoms with van der Waals surface area (Å²) in [6, 6.07) is 11.5. The molecular weight excluding hydrogens is 290 g/mol. The molecule has 0 spiro atoms. The van der Waals surface area contributed by atoms with E-state index in [-0.39, 0.29) is 0 Å². The van der Waals surface area contributed by atoms with E-state index in [0.717, 1.165) is 42.1 Å². The van der Waals surface area contributed by atoms with Crippen LogP contribution in [-0.4, -0.2) is 23.8 Å². The summed E-state index contributed by atoms with van der Waals surface area (Å²) in [5, 5.41) is 0. The molecule has 3 heterocycles. The Hall–Kier alpha value is -2.07. The highest BCUT2D eigenvalue weighted by Gasteiger charge is 2.62. The van der Waals surface area contributed by atoms with Crippen molar-refractivity contribution < 1.29 is 14.2 Å². The molecular formula is C19H19NO3. The number of fused-ring (bicyclic) bond motifs is 5. The van der Waals surface area contributed by atoms with Gasteiger partial charge in [0.2, 0.25) is 0 Å². The number of hydrogen-bond donors (Lipinski definition) is 0. The van der Waals surface area contributed by atoms with Crippen LogP contribution >= 0.6 is 0 Å². The van der Waals surface area contributed by atoms with Crippen LogP contribution in [0, 0.1) is 17.8 Å². The maximum absolute atomic E-state index is 6.03.